The average Bonchev–Trinajstić information content (AvgIpc) is 3.19. The first-order valence-corrected chi connectivity index (χ1v) is 9.75. The van der Waals surface area contributed by atoms with Crippen molar-refractivity contribution in [2.24, 2.45) is 0 Å². The third-order valence-corrected chi connectivity index (χ3v) is 4.23. The number of carbonyl (C=O) groups excluding carboxylic acids is 1. The second-order valence-corrected chi connectivity index (χ2v) is 6.55. The second kappa shape index (κ2) is 10.5. The fraction of sp³-hybridized carbons (Fsp3) is 0.318. The SMILES string of the molecule is CCOC(=O)CN(Cc1ccc(F)cc1)Cc1nc(-c2ccc(OCC)cc2)no1. The summed E-state index contributed by atoms with van der Waals surface area (Å²) in [7, 11) is 0. The van der Waals surface area contributed by atoms with Crippen molar-refractivity contribution in [2.75, 3.05) is 19.8 Å². The van der Waals surface area contributed by atoms with Crippen LogP contribution in [0.4, 0.5) is 4.39 Å². The smallest absolute Gasteiger partial charge is 0.320 e. The quantitative estimate of drug-likeness (QED) is 0.467. The predicted octanol–water partition coefficient (Wildman–Crippen LogP) is 3.84. The Balaban J connectivity index is 1.71. The standard InChI is InChI=1S/C22H24FN3O4/c1-3-28-19-11-7-17(8-12-19)22-24-20(30-25-22)14-26(15-21(27)29-4-2)13-16-5-9-18(23)10-6-16/h5-12H,3-4,13-15H2,1-2H3. The van der Waals surface area contributed by atoms with E-state index in [-0.39, 0.29) is 24.9 Å². The van der Waals surface area contributed by atoms with Gasteiger partial charge in [-0.2, -0.15) is 4.98 Å². The normalized spacial score (nSPS) is 10.9. The van der Waals surface area contributed by atoms with Crippen LogP contribution in [-0.4, -0.2) is 40.8 Å². The number of hydrogen-bond acceptors (Lipinski definition) is 7. The largest absolute Gasteiger partial charge is 0.494 e. The minimum Gasteiger partial charge on any atom is -0.494 e. The van der Waals surface area contributed by atoms with Gasteiger partial charge in [-0.1, -0.05) is 17.3 Å². The molecule has 0 amide bonds. The molecule has 0 aliphatic carbocycles. The number of esters is 1. The van der Waals surface area contributed by atoms with Gasteiger partial charge in [-0.15, -0.1) is 0 Å². The molecular formula is C22H24FN3O4. The average molecular weight is 413 g/mol. The van der Waals surface area contributed by atoms with Crippen molar-refractivity contribution in [1.82, 2.24) is 15.0 Å². The van der Waals surface area contributed by atoms with E-state index in [1.165, 1.54) is 12.1 Å². The Hall–Kier alpha value is -3.26. The van der Waals surface area contributed by atoms with Crippen molar-refractivity contribution in [3.05, 3.63) is 65.8 Å². The fourth-order valence-electron chi connectivity index (χ4n) is 2.90. The Bertz CT molecular complexity index is 942. The molecule has 0 saturated heterocycles. The molecular weight excluding hydrogens is 389 g/mol. The van der Waals surface area contributed by atoms with E-state index in [2.05, 4.69) is 10.1 Å². The van der Waals surface area contributed by atoms with Crippen LogP contribution in [0.5, 0.6) is 5.75 Å². The summed E-state index contributed by atoms with van der Waals surface area (Å²) < 4.78 is 29.1. The third kappa shape index (κ3) is 6.12. The summed E-state index contributed by atoms with van der Waals surface area (Å²) in [6.07, 6.45) is 0. The van der Waals surface area contributed by atoms with Gasteiger partial charge in [0.2, 0.25) is 11.7 Å². The van der Waals surface area contributed by atoms with E-state index < -0.39 is 0 Å². The van der Waals surface area contributed by atoms with Gasteiger partial charge in [0.05, 0.1) is 26.3 Å². The maximum Gasteiger partial charge on any atom is 0.320 e. The Labute approximate surface area is 174 Å². The minimum atomic E-state index is -0.356. The molecule has 0 aliphatic heterocycles. The molecule has 0 unspecified atom stereocenters. The Morgan fingerprint density at radius 3 is 2.43 bits per heavy atom. The van der Waals surface area contributed by atoms with Crippen LogP contribution in [0.3, 0.4) is 0 Å². The second-order valence-electron chi connectivity index (χ2n) is 6.55. The number of aromatic nitrogens is 2. The third-order valence-electron chi connectivity index (χ3n) is 4.23. The summed E-state index contributed by atoms with van der Waals surface area (Å²) >= 11 is 0. The zero-order chi connectivity index (χ0) is 21.3. The van der Waals surface area contributed by atoms with Gasteiger partial charge < -0.3 is 14.0 Å². The van der Waals surface area contributed by atoms with Crippen molar-refractivity contribution in [3.63, 3.8) is 0 Å². The molecule has 0 atom stereocenters. The molecule has 7 nitrogen and oxygen atoms in total. The van der Waals surface area contributed by atoms with E-state index in [1.807, 2.05) is 31.2 Å². The highest BCUT2D eigenvalue weighted by Gasteiger charge is 2.17. The maximum absolute atomic E-state index is 13.2. The van der Waals surface area contributed by atoms with Crippen molar-refractivity contribution in [1.29, 1.82) is 0 Å². The van der Waals surface area contributed by atoms with Gasteiger partial charge in [-0.05, 0) is 55.8 Å². The van der Waals surface area contributed by atoms with Gasteiger partial charge in [-0.3, -0.25) is 9.69 Å². The molecule has 158 valence electrons. The highest BCUT2D eigenvalue weighted by atomic mass is 19.1. The van der Waals surface area contributed by atoms with Gasteiger partial charge in [0.1, 0.15) is 11.6 Å². The van der Waals surface area contributed by atoms with Crippen molar-refractivity contribution >= 4 is 5.97 Å². The summed E-state index contributed by atoms with van der Waals surface area (Å²) in [6, 6.07) is 13.5. The lowest BCUT2D eigenvalue weighted by Gasteiger charge is -2.19. The van der Waals surface area contributed by atoms with E-state index in [0.29, 0.717) is 31.5 Å². The minimum absolute atomic E-state index is 0.0476. The lowest BCUT2D eigenvalue weighted by atomic mass is 10.2. The topological polar surface area (TPSA) is 77.7 Å². The monoisotopic (exact) mass is 413 g/mol. The number of hydrogen-bond donors (Lipinski definition) is 0. The van der Waals surface area contributed by atoms with E-state index in [9.17, 15) is 9.18 Å². The maximum atomic E-state index is 13.2. The summed E-state index contributed by atoms with van der Waals surface area (Å²) in [5.74, 6) is 0.916. The lowest BCUT2D eigenvalue weighted by molar-refractivity contribution is -0.144. The molecule has 3 aromatic rings. The van der Waals surface area contributed by atoms with E-state index >= 15 is 0 Å². The van der Waals surface area contributed by atoms with Gasteiger partial charge in [-0.25, -0.2) is 4.39 Å². The number of nitrogens with zero attached hydrogens (tertiary/aromatic N) is 3. The summed E-state index contributed by atoms with van der Waals surface area (Å²) in [5, 5.41) is 4.03. The highest BCUT2D eigenvalue weighted by molar-refractivity contribution is 5.71. The molecule has 2 aromatic carbocycles. The molecule has 3 rings (SSSR count). The lowest BCUT2D eigenvalue weighted by Crippen LogP contribution is -2.30. The van der Waals surface area contributed by atoms with Crippen molar-refractivity contribution < 1.29 is 23.2 Å². The van der Waals surface area contributed by atoms with Crippen LogP contribution in [-0.2, 0) is 22.6 Å². The molecule has 0 N–H and O–H groups in total. The summed E-state index contributed by atoms with van der Waals surface area (Å²) in [4.78, 5) is 18.2. The Kier molecular flexibility index (Phi) is 7.51. The first-order valence-electron chi connectivity index (χ1n) is 9.75. The number of carbonyl (C=O) groups is 1. The van der Waals surface area contributed by atoms with E-state index in [1.54, 1.807) is 24.0 Å². The molecule has 0 fully saturated rings. The van der Waals surface area contributed by atoms with Crippen LogP contribution >= 0.6 is 0 Å². The fourth-order valence-corrected chi connectivity index (χ4v) is 2.90. The van der Waals surface area contributed by atoms with E-state index in [4.69, 9.17) is 14.0 Å². The van der Waals surface area contributed by atoms with E-state index in [0.717, 1.165) is 16.9 Å². The summed E-state index contributed by atoms with van der Waals surface area (Å²) in [5.41, 5.74) is 1.65. The first-order chi connectivity index (χ1) is 14.6. The summed E-state index contributed by atoms with van der Waals surface area (Å²) in [6.45, 7) is 5.27. The highest BCUT2D eigenvalue weighted by Crippen LogP contribution is 2.20. The number of ether oxygens (including phenoxy) is 2. The zero-order valence-corrected chi connectivity index (χ0v) is 17.0. The van der Waals surface area contributed by atoms with Gasteiger partial charge >= 0.3 is 5.97 Å². The molecule has 1 aromatic heterocycles. The van der Waals surface area contributed by atoms with Crippen LogP contribution < -0.4 is 4.74 Å². The number of benzene rings is 2. The van der Waals surface area contributed by atoms with Crippen LogP contribution in [0, 0.1) is 5.82 Å². The number of rotatable bonds is 10. The Morgan fingerprint density at radius 2 is 1.77 bits per heavy atom. The first kappa shape index (κ1) is 21.4. The molecule has 8 heteroatoms. The van der Waals surface area contributed by atoms with Gasteiger partial charge in [0.15, 0.2) is 0 Å². The molecule has 0 spiro atoms. The van der Waals surface area contributed by atoms with Crippen molar-refractivity contribution in [3.8, 4) is 17.1 Å². The molecule has 0 saturated carbocycles. The molecule has 1 heterocycles. The Morgan fingerprint density at radius 1 is 1.03 bits per heavy atom. The van der Waals surface area contributed by atoms with Crippen molar-refractivity contribution in [2.45, 2.75) is 26.9 Å². The number of halogens is 1. The molecule has 0 bridgehead atoms. The zero-order valence-electron chi connectivity index (χ0n) is 17.0. The molecule has 0 aliphatic rings. The van der Waals surface area contributed by atoms with Crippen LogP contribution in [0.15, 0.2) is 53.1 Å². The van der Waals surface area contributed by atoms with Gasteiger partial charge in [0.25, 0.3) is 0 Å². The molecule has 30 heavy (non-hydrogen) atoms. The van der Waals surface area contributed by atoms with Gasteiger partial charge in [0, 0.05) is 12.1 Å². The molecule has 0 radical (unpaired) electrons. The van der Waals surface area contributed by atoms with Crippen LogP contribution in [0.25, 0.3) is 11.4 Å². The van der Waals surface area contributed by atoms with Crippen LogP contribution in [0.2, 0.25) is 0 Å². The predicted molar refractivity (Wildman–Crippen MR) is 108 cm³/mol. The van der Waals surface area contributed by atoms with Crippen LogP contribution in [0.1, 0.15) is 25.3 Å².